The molecule has 2 atom stereocenters. The van der Waals surface area contributed by atoms with E-state index in [-0.39, 0.29) is 0 Å². The minimum Gasteiger partial charge on any atom is -0.338 e. The largest absolute Gasteiger partial charge is 0.338 e. The number of amides is 1. The van der Waals surface area contributed by atoms with Gasteiger partial charge in [0.25, 0.3) is 0 Å². The average Bonchev–Trinajstić information content (AvgIpc) is 3.16. The maximum atomic E-state index is 12.6. The van der Waals surface area contributed by atoms with Gasteiger partial charge in [0.1, 0.15) is 0 Å². The second-order valence-electron chi connectivity index (χ2n) is 6.83. The Morgan fingerprint density at radius 2 is 1.82 bits per heavy atom. The van der Waals surface area contributed by atoms with Crippen LogP contribution in [0.2, 0.25) is 0 Å². The van der Waals surface area contributed by atoms with Crippen LogP contribution >= 0.6 is 0 Å². The van der Waals surface area contributed by atoms with Crippen molar-refractivity contribution in [3.8, 4) is 0 Å². The predicted molar refractivity (Wildman–Crippen MR) is 89.8 cm³/mol. The molecule has 0 radical (unpaired) electrons. The zero-order valence-electron chi connectivity index (χ0n) is 13.7. The molecule has 0 saturated carbocycles. The highest BCUT2D eigenvalue weighted by atomic mass is 16.2. The lowest BCUT2D eigenvalue weighted by Gasteiger charge is -2.33. The molecule has 3 heteroatoms. The van der Waals surface area contributed by atoms with Gasteiger partial charge in [-0.25, -0.2) is 0 Å². The summed E-state index contributed by atoms with van der Waals surface area (Å²) in [5.74, 6) is 0.374. The van der Waals surface area contributed by atoms with Crippen LogP contribution in [0, 0.1) is 0 Å². The molecule has 2 aliphatic heterocycles. The molecule has 1 amide bonds. The van der Waals surface area contributed by atoms with Crippen LogP contribution in [-0.4, -0.2) is 47.9 Å². The summed E-state index contributed by atoms with van der Waals surface area (Å²) < 4.78 is 0. The third-order valence-corrected chi connectivity index (χ3v) is 5.34. The first-order valence-corrected chi connectivity index (χ1v) is 8.79. The van der Waals surface area contributed by atoms with E-state index in [1.807, 2.05) is 6.07 Å². The van der Waals surface area contributed by atoms with Gasteiger partial charge in [-0.2, -0.15) is 0 Å². The molecule has 3 nitrogen and oxygen atoms in total. The van der Waals surface area contributed by atoms with Crippen molar-refractivity contribution >= 4 is 5.91 Å². The van der Waals surface area contributed by atoms with Gasteiger partial charge < -0.3 is 9.80 Å². The first-order valence-electron chi connectivity index (χ1n) is 8.79. The predicted octanol–water partition coefficient (Wildman–Crippen LogP) is 3.09. The summed E-state index contributed by atoms with van der Waals surface area (Å²) in [6.45, 7) is 2.16. The molecule has 0 unspecified atom stereocenters. The summed E-state index contributed by atoms with van der Waals surface area (Å²) in [7, 11) is 2.22. The SMILES string of the molecule is CN1CCC[C@H]1[C@@H]1CCCN1C(=O)CCCc1ccccc1. The molecule has 0 bridgehead atoms. The summed E-state index contributed by atoms with van der Waals surface area (Å²) in [6, 6.07) is 11.6. The van der Waals surface area contributed by atoms with Gasteiger partial charge >= 0.3 is 0 Å². The number of rotatable bonds is 5. The molecule has 2 saturated heterocycles. The van der Waals surface area contributed by atoms with Gasteiger partial charge in [-0.15, -0.1) is 0 Å². The van der Waals surface area contributed by atoms with Gasteiger partial charge in [0, 0.05) is 25.0 Å². The molecule has 2 heterocycles. The van der Waals surface area contributed by atoms with Crippen molar-refractivity contribution in [2.24, 2.45) is 0 Å². The molecular formula is C19H28N2O. The normalized spacial score (nSPS) is 25.8. The molecule has 1 aromatic rings. The smallest absolute Gasteiger partial charge is 0.222 e. The van der Waals surface area contributed by atoms with Gasteiger partial charge in [-0.3, -0.25) is 4.79 Å². The maximum Gasteiger partial charge on any atom is 0.222 e. The number of nitrogens with zero attached hydrogens (tertiary/aromatic N) is 2. The highest BCUT2D eigenvalue weighted by Gasteiger charge is 2.37. The second kappa shape index (κ2) is 7.28. The highest BCUT2D eigenvalue weighted by Crippen LogP contribution is 2.29. The Morgan fingerprint density at radius 1 is 1.09 bits per heavy atom. The molecule has 0 aliphatic carbocycles. The number of carbonyl (C=O) groups excluding carboxylic acids is 1. The number of benzene rings is 1. The average molecular weight is 300 g/mol. The van der Waals surface area contributed by atoms with E-state index in [1.54, 1.807) is 0 Å². The maximum absolute atomic E-state index is 12.6. The van der Waals surface area contributed by atoms with E-state index in [2.05, 4.69) is 41.1 Å². The number of likely N-dealkylation sites (N-methyl/N-ethyl adjacent to an activating group) is 1. The van der Waals surface area contributed by atoms with E-state index in [0.29, 0.717) is 24.4 Å². The van der Waals surface area contributed by atoms with Crippen LogP contribution in [0.3, 0.4) is 0 Å². The van der Waals surface area contributed by atoms with Crippen molar-refractivity contribution in [1.82, 2.24) is 9.80 Å². The molecule has 3 rings (SSSR count). The van der Waals surface area contributed by atoms with Crippen LogP contribution in [0.1, 0.15) is 44.1 Å². The summed E-state index contributed by atoms with van der Waals surface area (Å²) in [4.78, 5) is 17.3. The van der Waals surface area contributed by atoms with Crippen molar-refractivity contribution in [1.29, 1.82) is 0 Å². The second-order valence-corrected chi connectivity index (χ2v) is 6.83. The van der Waals surface area contributed by atoms with Crippen LogP contribution in [0.4, 0.5) is 0 Å². The van der Waals surface area contributed by atoms with Gasteiger partial charge in [-0.05, 0) is 57.7 Å². The molecule has 0 spiro atoms. The standard InChI is InChI=1S/C19H28N2O/c1-20-14-6-11-17(20)18-12-7-15-21(18)19(22)13-5-10-16-8-3-2-4-9-16/h2-4,8-9,17-18H,5-7,10-15H2,1H3/t17-,18-/m0/s1. The van der Waals surface area contributed by atoms with Crippen molar-refractivity contribution in [2.45, 2.75) is 57.0 Å². The van der Waals surface area contributed by atoms with Crippen molar-refractivity contribution in [2.75, 3.05) is 20.1 Å². The summed E-state index contributed by atoms with van der Waals surface area (Å²) >= 11 is 0. The van der Waals surface area contributed by atoms with Crippen LogP contribution in [0.5, 0.6) is 0 Å². The molecule has 22 heavy (non-hydrogen) atoms. The van der Waals surface area contributed by atoms with Crippen LogP contribution < -0.4 is 0 Å². The third kappa shape index (κ3) is 3.52. The Balaban J connectivity index is 1.50. The van der Waals surface area contributed by atoms with Crippen molar-refractivity contribution < 1.29 is 4.79 Å². The summed E-state index contributed by atoms with van der Waals surface area (Å²) in [5.41, 5.74) is 1.34. The lowest BCUT2D eigenvalue weighted by atomic mass is 10.0. The first-order chi connectivity index (χ1) is 10.8. The number of hydrogen-bond donors (Lipinski definition) is 0. The van der Waals surface area contributed by atoms with E-state index in [0.717, 1.165) is 19.4 Å². The summed E-state index contributed by atoms with van der Waals surface area (Å²) in [5, 5.41) is 0. The lowest BCUT2D eigenvalue weighted by Crippen LogP contribution is -2.47. The molecule has 0 aromatic heterocycles. The third-order valence-electron chi connectivity index (χ3n) is 5.34. The Hall–Kier alpha value is -1.35. The quantitative estimate of drug-likeness (QED) is 0.834. The Kier molecular flexibility index (Phi) is 5.14. The number of aryl methyl sites for hydroxylation is 1. The van der Waals surface area contributed by atoms with E-state index < -0.39 is 0 Å². The van der Waals surface area contributed by atoms with Gasteiger partial charge in [0.05, 0.1) is 0 Å². The van der Waals surface area contributed by atoms with Gasteiger partial charge in [0.15, 0.2) is 0 Å². The van der Waals surface area contributed by atoms with Gasteiger partial charge in [-0.1, -0.05) is 30.3 Å². The number of carbonyl (C=O) groups is 1. The molecule has 1 aromatic carbocycles. The Bertz CT molecular complexity index is 487. The molecule has 0 N–H and O–H groups in total. The number of hydrogen-bond acceptors (Lipinski definition) is 2. The molecule has 2 fully saturated rings. The van der Waals surface area contributed by atoms with E-state index >= 15 is 0 Å². The highest BCUT2D eigenvalue weighted by molar-refractivity contribution is 5.77. The zero-order valence-corrected chi connectivity index (χ0v) is 13.7. The summed E-state index contributed by atoms with van der Waals surface area (Å²) in [6.07, 6.45) is 7.59. The Labute approximate surface area is 134 Å². The van der Waals surface area contributed by atoms with Crippen molar-refractivity contribution in [3.63, 3.8) is 0 Å². The van der Waals surface area contributed by atoms with E-state index in [4.69, 9.17) is 0 Å². The number of likely N-dealkylation sites (tertiary alicyclic amines) is 2. The molecule has 2 aliphatic rings. The van der Waals surface area contributed by atoms with Crippen molar-refractivity contribution in [3.05, 3.63) is 35.9 Å². The fourth-order valence-electron chi connectivity index (χ4n) is 4.16. The molecular weight excluding hydrogens is 272 g/mol. The Morgan fingerprint density at radius 3 is 2.55 bits per heavy atom. The van der Waals surface area contributed by atoms with Crippen LogP contribution in [-0.2, 0) is 11.2 Å². The van der Waals surface area contributed by atoms with Crippen LogP contribution in [0.25, 0.3) is 0 Å². The van der Waals surface area contributed by atoms with Crippen LogP contribution in [0.15, 0.2) is 30.3 Å². The van der Waals surface area contributed by atoms with Gasteiger partial charge in [0.2, 0.25) is 5.91 Å². The minimum atomic E-state index is 0.374. The minimum absolute atomic E-state index is 0.374. The monoisotopic (exact) mass is 300 g/mol. The molecule has 120 valence electrons. The lowest BCUT2D eigenvalue weighted by molar-refractivity contribution is -0.133. The fourth-order valence-corrected chi connectivity index (χ4v) is 4.16. The zero-order chi connectivity index (χ0) is 15.4. The van der Waals surface area contributed by atoms with E-state index in [9.17, 15) is 4.79 Å². The topological polar surface area (TPSA) is 23.6 Å². The fraction of sp³-hybridized carbons (Fsp3) is 0.632. The van der Waals surface area contributed by atoms with E-state index in [1.165, 1.54) is 37.8 Å². The first kappa shape index (κ1) is 15.5.